The second-order valence-corrected chi connectivity index (χ2v) is 14.1. The Balaban J connectivity index is 0.000000223. The van der Waals surface area contributed by atoms with Gasteiger partial charge in [-0.05, 0) is 86.1 Å². The smallest absolute Gasteiger partial charge is 0.410 e. The number of carboxylic acid groups (broad SMARTS) is 1. The van der Waals surface area contributed by atoms with Crippen molar-refractivity contribution in [2.45, 2.75) is 46.4 Å². The molecule has 61 heavy (non-hydrogen) atoms. The maximum Gasteiger partial charge on any atom is 0.410 e. The van der Waals surface area contributed by atoms with Crippen LogP contribution in [0.5, 0.6) is 11.5 Å². The van der Waals surface area contributed by atoms with Gasteiger partial charge in [-0.2, -0.15) is 0 Å². The van der Waals surface area contributed by atoms with Crippen LogP contribution in [-0.4, -0.2) is 58.8 Å². The highest BCUT2D eigenvalue weighted by atomic mass is 16.6. The summed E-state index contributed by atoms with van der Waals surface area (Å²) in [6.07, 6.45) is 0.619. The summed E-state index contributed by atoms with van der Waals surface area (Å²) >= 11 is 0. The number of carboxylic acids is 1. The van der Waals surface area contributed by atoms with Crippen LogP contribution in [0.4, 0.5) is 4.79 Å². The van der Waals surface area contributed by atoms with Crippen molar-refractivity contribution in [3.05, 3.63) is 179 Å². The van der Waals surface area contributed by atoms with Gasteiger partial charge in [0, 0.05) is 37.1 Å². The molecule has 2 aromatic heterocycles. The van der Waals surface area contributed by atoms with Gasteiger partial charge in [0.05, 0.1) is 24.6 Å². The largest absolute Gasteiger partial charge is 0.493 e. The number of ether oxygens (including phenoxy) is 3. The van der Waals surface area contributed by atoms with Gasteiger partial charge in [0.1, 0.15) is 36.2 Å². The van der Waals surface area contributed by atoms with Crippen molar-refractivity contribution >= 4 is 12.1 Å². The van der Waals surface area contributed by atoms with Crippen molar-refractivity contribution < 1.29 is 37.7 Å². The van der Waals surface area contributed by atoms with E-state index in [0.29, 0.717) is 37.2 Å². The number of amides is 1. The molecule has 0 aliphatic rings. The lowest BCUT2D eigenvalue weighted by Crippen LogP contribution is -2.35. The molecule has 2 N–H and O–H groups in total. The molecule has 0 atom stereocenters. The Hall–Kier alpha value is -7.18. The Kier molecular flexibility index (Phi) is 15.8. The van der Waals surface area contributed by atoms with E-state index in [-0.39, 0.29) is 13.2 Å². The second kappa shape index (κ2) is 22.3. The highest BCUT2D eigenvalue weighted by molar-refractivity contribution is 5.76. The van der Waals surface area contributed by atoms with Gasteiger partial charge in [0.15, 0.2) is 0 Å². The molecule has 7 rings (SSSR count). The molecule has 0 radical (unpaired) electrons. The topological polar surface area (TPSA) is 149 Å². The minimum absolute atomic E-state index is 0.0698. The van der Waals surface area contributed by atoms with Crippen molar-refractivity contribution in [2.24, 2.45) is 0 Å². The number of nitrogens with zero attached hydrogens (tertiary/aromatic N) is 3. The number of rotatable bonds is 18. The van der Waals surface area contributed by atoms with E-state index in [1.165, 1.54) is 5.56 Å². The van der Waals surface area contributed by atoms with Crippen LogP contribution in [0.2, 0.25) is 0 Å². The molecule has 1 amide bonds. The van der Waals surface area contributed by atoms with Crippen molar-refractivity contribution in [1.82, 2.24) is 20.2 Å². The molecule has 0 fully saturated rings. The van der Waals surface area contributed by atoms with Gasteiger partial charge in [-0.1, -0.05) is 91.0 Å². The Morgan fingerprint density at radius 2 is 1.08 bits per heavy atom. The van der Waals surface area contributed by atoms with Crippen LogP contribution < -0.4 is 14.8 Å². The molecule has 0 unspecified atom stereocenters. The van der Waals surface area contributed by atoms with Gasteiger partial charge >= 0.3 is 12.1 Å². The standard InChI is InChI=1S/C29H28N2O6.C20H22N2O2/c1-21-26(30-28(37-21)24-10-6-3-7-11-24)16-17-35-25-14-12-22(13-15-25)18-31(19-27(32)33)29(34)36-20-23-8-4-2-5-9-23;1-15-19(22-20(24-15)17-6-4-3-5-7-17)12-13-23-18-10-8-16(9-11-18)14-21-2/h2-15H,16-20H2,1H3,(H,32,33);3-11,21H,12-14H2,1-2H3. The molecule has 0 aliphatic heterocycles. The van der Waals surface area contributed by atoms with Gasteiger partial charge in [-0.3, -0.25) is 9.69 Å². The van der Waals surface area contributed by atoms with Gasteiger partial charge in [-0.25, -0.2) is 14.8 Å². The number of carbonyl (C=O) groups excluding carboxylic acids is 1. The summed E-state index contributed by atoms with van der Waals surface area (Å²) < 4.78 is 28.5. The van der Waals surface area contributed by atoms with E-state index in [9.17, 15) is 14.7 Å². The number of hydrogen-bond donors (Lipinski definition) is 2. The Bertz CT molecular complexity index is 2400. The molecular formula is C49H50N4O8. The summed E-state index contributed by atoms with van der Waals surface area (Å²) in [7, 11) is 1.94. The van der Waals surface area contributed by atoms with Crippen LogP contribution in [0.1, 0.15) is 39.6 Å². The second-order valence-electron chi connectivity index (χ2n) is 14.1. The molecule has 314 valence electrons. The number of nitrogens with one attached hydrogen (secondary N) is 1. The predicted octanol–water partition coefficient (Wildman–Crippen LogP) is 9.49. The fourth-order valence-electron chi connectivity index (χ4n) is 6.24. The summed E-state index contributed by atoms with van der Waals surface area (Å²) in [5, 5.41) is 12.4. The van der Waals surface area contributed by atoms with Crippen LogP contribution in [-0.2, 0) is 42.1 Å². The third-order valence-corrected chi connectivity index (χ3v) is 9.43. The van der Waals surface area contributed by atoms with E-state index in [2.05, 4.69) is 27.4 Å². The summed E-state index contributed by atoms with van der Waals surface area (Å²) in [6.45, 7) is 5.39. The number of benzene rings is 5. The van der Waals surface area contributed by atoms with E-state index in [0.717, 1.165) is 68.8 Å². The lowest BCUT2D eigenvalue weighted by Gasteiger charge is -2.20. The van der Waals surface area contributed by atoms with Gasteiger partial charge < -0.3 is 33.5 Å². The maximum atomic E-state index is 12.5. The number of carbonyl (C=O) groups is 2. The number of hydrogen-bond acceptors (Lipinski definition) is 10. The zero-order valence-electron chi connectivity index (χ0n) is 34.6. The average molecular weight is 823 g/mol. The van der Waals surface area contributed by atoms with Crippen molar-refractivity contribution in [3.8, 4) is 34.4 Å². The molecule has 12 heteroatoms. The maximum absolute atomic E-state index is 12.5. The molecule has 2 heterocycles. The fraction of sp³-hybridized carbons (Fsp3) is 0.224. The molecule has 5 aromatic carbocycles. The molecule has 0 saturated carbocycles. The van der Waals surface area contributed by atoms with Crippen LogP contribution in [0.15, 0.2) is 148 Å². The highest BCUT2D eigenvalue weighted by Crippen LogP contribution is 2.24. The van der Waals surface area contributed by atoms with E-state index >= 15 is 0 Å². The van der Waals surface area contributed by atoms with Crippen LogP contribution in [0, 0.1) is 13.8 Å². The first-order valence-corrected chi connectivity index (χ1v) is 20.0. The van der Waals surface area contributed by atoms with Crippen molar-refractivity contribution in [2.75, 3.05) is 26.8 Å². The number of aliphatic carboxylic acids is 1. The number of oxazole rings is 2. The van der Waals surface area contributed by atoms with E-state index in [4.69, 9.17) is 23.0 Å². The van der Waals surface area contributed by atoms with Crippen molar-refractivity contribution in [1.29, 1.82) is 0 Å². The first-order chi connectivity index (χ1) is 29.7. The van der Waals surface area contributed by atoms with E-state index < -0.39 is 18.6 Å². The molecule has 0 saturated heterocycles. The minimum atomic E-state index is -1.12. The average Bonchev–Trinajstić information content (AvgIpc) is 3.85. The van der Waals surface area contributed by atoms with Gasteiger partial charge in [0.2, 0.25) is 11.8 Å². The fourth-order valence-corrected chi connectivity index (χ4v) is 6.24. The lowest BCUT2D eigenvalue weighted by molar-refractivity contribution is -0.138. The molecule has 12 nitrogen and oxygen atoms in total. The Labute approximate surface area is 355 Å². The zero-order chi connectivity index (χ0) is 42.8. The van der Waals surface area contributed by atoms with Crippen LogP contribution in [0.3, 0.4) is 0 Å². The van der Waals surface area contributed by atoms with Crippen molar-refractivity contribution in [3.63, 3.8) is 0 Å². The monoisotopic (exact) mass is 822 g/mol. The lowest BCUT2D eigenvalue weighted by atomic mass is 10.2. The summed E-state index contributed by atoms with van der Waals surface area (Å²) in [4.78, 5) is 34.1. The normalized spacial score (nSPS) is 10.7. The first-order valence-electron chi connectivity index (χ1n) is 20.0. The third-order valence-electron chi connectivity index (χ3n) is 9.43. The van der Waals surface area contributed by atoms with Crippen LogP contribution >= 0.6 is 0 Å². The van der Waals surface area contributed by atoms with E-state index in [1.807, 2.05) is 124 Å². The minimum Gasteiger partial charge on any atom is -0.493 e. The van der Waals surface area contributed by atoms with Gasteiger partial charge in [0.25, 0.3) is 0 Å². The van der Waals surface area contributed by atoms with Crippen LogP contribution in [0.25, 0.3) is 22.9 Å². The predicted molar refractivity (Wildman–Crippen MR) is 232 cm³/mol. The zero-order valence-corrected chi connectivity index (χ0v) is 34.6. The quantitative estimate of drug-likeness (QED) is 0.0852. The first kappa shape index (κ1) is 43.4. The van der Waals surface area contributed by atoms with Gasteiger partial charge in [-0.15, -0.1) is 0 Å². The summed E-state index contributed by atoms with van der Waals surface area (Å²) in [5.41, 5.74) is 6.52. The molecule has 0 aliphatic carbocycles. The molecule has 0 spiro atoms. The molecule has 0 bridgehead atoms. The Morgan fingerprint density at radius 3 is 1.54 bits per heavy atom. The highest BCUT2D eigenvalue weighted by Gasteiger charge is 2.19. The molecular weight excluding hydrogens is 773 g/mol. The number of aryl methyl sites for hydroxylation is 2. The summed E-state index contributed by atoms with van der Waals surface area (Å²) in [6, 6.07) is 44.2. The SMILES string of the molecule is CNCc1ccc(OCCc2nc(-c3ccccc3)oc2C)cc1.Cc1oc(-c2ccccc2)nc1CCOc1ccc(CN(CC(=O)O)C(=O)OCc2ccccc2)cc1. The number of aromatic nitrogens is 2. The third kappa shape index (κ3) is 13.4. The molecule has 7 aromatic rings. The Morgan fingerprint density at radius 1 is 0.623 bits per heavy atom. The summed E-state index contributed by atoms with van der Waals surface area (Å²) in [5.74, 6) is 3.28. The van der Waals surface area contributed by atoms with E-state index in [1.54, 1.807) is 24.3 Å².